The highest BCUT2D eigenvalue weighted by Gasteiger charge is 2.32. The molecule has 0 amide bonds. The van der Waals surface area contributed by atoms with Gasteiger partial charge in [0.05, 0.1) is 11.7 Å². The molecule has 6 rings (SSSR count). The molecule has 2 saturated heterocycles. The lowest BCUT2D eigenvalue weighted by atomic mass is 9.94. The van der Waals surface area contributed by atoms with Crippen molar-refractivity contribution >= 4 is 23.0 Å². The standard InChI is InChI=1S/C30H39FN8/c1-19-8-9-22-10-11-23(31)15-25(22)21(3)38-13-6-5-7-27(38)26-16-28-34-29(37-17-24(32)18-37)20(2)30(39(28)35-26)36(4)14-12-33-19/h10-11,15-16,24,27,33H,1,3,5-9,12-14,17-18,32H2,2,4H3. The Morgan fingerprint density at radius 3 is 2.72 bits per heavy atom. The number of rotatable bonds is 1. The molecule has 0 aliphatic carbocycles. The maximum Gasteiger partial charge on any atom is 0.160 e. The molecule has 3 aromatic rings. The van der Waals surface area contributed by atoms with E-state index in [1.807, 2.05) is 10.6 Å². The van der Waals surface area contributed by atoms with Gasteiger partial charge in [0.15, 0.2) is 5.65 Å². The minimum absolute atomic E-state index is 0.0490. The van der Waals surface area contributed by atoms with Crippen LogP contribution in [-0.4, -0.2) is 65.3 Å². The van der Waals surface area contributed by atoms with Crippen molar-refractivity contribution in [2.75, 3.05) is 49.6 Å². The summed E-state index contributed by atoms with van der Waals surface area (Å²) < 4.78 is 16.5. The van der Waals surface area contributed by atoms with Crippen LogP contribution in [0.3, 0.4) is 0 Å². The van der Waals surface area contributed by atoms with E-state index < -0.39 is 0 Å². The van der Waals surface area contributed by atoms with Crippen molar-refractivity contribution in [2.24, 2.45) is 5.73 Å². The topological polar surface area (TPSA) is 78.0 Å². The molecule has 2 fully saturated rings. The van der Waals surface area contributed by atoms with Crippen LogP contribution >= 0.6 is 0 Å². The summed E-state index contributed by atoms with van der Waals surface area (Å²) in [5.41, 5.74) is 12.8. The van der Waals surface area contributed by atoms with Gasteiger partial charge in [-0.3, -0.25) is 0 Å². The molecule has 39 heavy (non-hydrogen) atoms. The molecule has 2 bridgehead atoms. The van der Waals surface area contributed by atoms with Gasteiger partial charge in [0.1, 0.15) is 17.5 Å². The predicted octanol–water partition coefficient (Wildman–Crippen LogP) is 4.01. The van der Waals surface area contributed by atoms with Gasteiger partial charge < -0.3 is 25.8 Å². The molecule has 1 aromatic carbocycles. The first-order valence-electron chi connectivity index (χ1n) is 14.1. The number of aromatic nitrogens is 3. The summed E-state index contributed by atoms with van der Waals surface area (Å²) in [5, 5.41) is 8.67. The van der Waals surface area contributed by atoms with E-state index in [4.69, 9.17) is 15.8 Å². The Hall–Kier alpha value is -3.59. The first-order chi connectivity index (χ1) is 18.8. The van der Waals surface area contributed by atoms with Gasteiger partial charge >= 0.3 is 0 Å². The van der Waals surface area contributed by atoms with E-state index in [2.05, 4.69) is 53.2 Å². The van der Waals surface area contributed by atoms with Gasteiger partial charge in [-0.2, -0.15) is 9.61 Å². The second-order valence-corrected chi connectivity index (χ2v) is 11.3. The SMILES string of the molecule is C=C1CCc2ccc(F)cc2C(=C)N2CCCCC2c2cc3nc(N4CC(N)C4)c(C)c(n3n2)N(C)CCN1. The Balaban J connectivity index is 1.49. The van der Waals surface area contributed by atoms with Gasteiger partial charge in [-0.1, -0.05) is 19.2 Å². The molecule has 9 heteroatoms. The Morgan fingerprint density at radius 2 is 1.92 bits per heavy atom. The second-order valence-electron chi connectivity index (χ2n) is 11.3. The minimum Gasteiger partial charge on any atom is -0.387 e. The lowest BCUT2D eigenvalue weighted by molar-refractivity contribution is 0.226. The number of likely N-dealkylation sites (N-methyl/N-ethyl adjacent to an activating group) is 1. The molecule has 3 aliphatic rings. The number of halogens is 1. The number of anilines is 2. The van der Waals surface area contributed by atoms with E-state index in [-0.39, 0.29) is 17.9 Å². The van der Waals surface area contributed by atoms with Crippen LogP contribution in [0.1, 0.15) is 54.1 Å². The van der Waals surface area contributed by atoms with Crippen molar-refractivity contribution in [3.8, 4) is 0 Å². The van der Waals surface area contributed by atoms with Gasteiger partial charge in [0, 0.05) is 74.4 Å². The van der Waals surface area contributed by atoms with Crippen molar-refractivity contribution in [2.45, 2.75) is 51.1 Å². The smallest absolute Gasteiger partial charge is 0.160 e. The molecule has 1 unspecified atom stereocenters. The fourth-order valence-electron chi connectivity index (χ4n) is 6.31. The number of nitrogens with one attached hydrogen (secondary N) is 1. The van der Waals surface area contributed by atoms with Crippen LogP contribution in [0.25, 0.3) is 11.3 Å². The van der Waals surface area contributed by atoms with E-state index >= 15 is 0 Å². The maximum absolute atomic E-state index is 14.5. The fraction of sp³-hybridized carbons (Fsp3) is 0.467. The number of hydrogen-bond acceptors (Lipinski definition) is 7. The van der Waals surface area contributed by atoms with Crippen molar-refractivity contribution < 1.29 is 4.39 Å². The molecule has 206 valence electrons. The number of nitrogens with two attached hydrogens (primary N) is 1. The van der Waals surface area contributed by atoms with Gasteiger partial charge in [-0.05, 0) is 56.7 Å². The lowest BCUT2D eigenvalue weighted by Crippen LogP contribution is -2.56. The molecule has 2 aromatic heterocycles. The van der Waals surface area contributed by atoms with Gasteiger partial charge in [-0.15, -0.1) is 0 Å². The third-order valence-electron chi connectivity index (χ3n) is 8.46. The lowest BCUT2D eigenvalue weighted by Gasteiger charge is -2.39. The summed E-state index contributed by atoms with van der Waals surface area (Å²) in [6, 6.07) is 7.43. The average Bonchev–Trinajstić information content (AvgIpc) is 3.32. The van der Waals surface area contributed by atoms with Gasteiger partial charge in [0.25, 0.3) is 0 Å². The van der Waals surface area contributed by atoms with Gasteiger partial charge in [-0.25, -0.2) is 9.37 Å². The van der Waals surface area contributed by atoms with Crippen LogP contribution in [0.15, 0.2) is 43.1 Å². The summed E-state index contributed by atoms with van der Waals surface area (Å²) in [4.78, 5) is 11.9. The molecular weight excluding hydrogens is 491 g/mol. The highest BCUT2D eigenvalue weighted by atomic mass is 19.1. The van der Waals surface area contributed by atoms with Gasteiger partial charge in [0.2, 0.25) is 0 Å². The zero-order chi connectivity index (χ0) is 27.3. The van der Waals surface area contributed by atoms with Crippen LogP contribution < -0.4 is 20.9 Å². The number of hydrogen-bond donors (Lipinski definition) is 2. The van der Waals surface area contributed by atoms with Crippen molar-refractivity contribution in [1.29, 1.82) is 0 Å². The van der Waals surface area contributed by atoms with E-state index in [1.165, 1.54) is 0 Å². The van der Waals surface area contributed by atoms with Crippen LogP contribution in [0.2, 0.25) is 0 Å². The molecule has 1 atom stereocenters. The molecule has 0 saturated carbocycles. The summed E-state index contributed by atoms with van der Waals surface area (Å²) in [6.45, 7) is 14.9. The summed E-state index contributed by atoms with van der Waals surface area (Å²) in [7, 11) is 2.11. The van der Waals surface area contributed by atoms with Crippen molar-refractivity contribution in [1.82, 2.24) is 24.8 Å². The minimum atomic E-state index is -0.242. The molecule has 0 spiro atoms. The molecule has 3 N–H and O–H groups in total. The number of aryl methyl sites for hydroxylation is 1. The number of nitrogens with zero attached hydrogens (tertiary/aromatic N) is 6. The zero-order valence-corrected chi connectivity index (χ0v) is 23.1. The van der Waals surface area contributed by atoms with Crippen LogP contribution in [0, 0.1) is 12.7 Å². The van der Waals surface area contributed by atoms with E-state index in [0.717, 1.165) is 116 Å². The third kappa shape index (κ3) is 4.73. The number of piperidine rings is 1. The highest BCUT2D eigenvalue weighted by Crippen LogP contribution is 2.39. The van der Waals surface area contributed by atoms with E-state index in [0.29, 0.717) is 0 Å². The van der Waals surface area contributed by atoms with Crippen molar-refractivity contribution in [3.63, 3.8) is 0 Å². The fourth-order valence-corrected chi connectivity index (χ4v) is 6.31. The normalized spacial score (nSPS) is 21.1. The Morgan fingerprint density at radius 1 is 1.10 bits per heavy atom. The third-order valence-corrected chi connectivity index (χ3v) is 8.46. The average molecular weight is 531 g/mol. The molecule has 8 nitrogen and oxygen atoms in total. The maximum atomic E-state index is 14.5. The van der Waals surface area contributed by atoms with Crippen LogP contribution in [-0.2, 0) is 6.42 Å². The Bertz CT molecular complexity index is 1420. The Labute approximate surface area is 230 Å². The first-order valence-corrected chi connectivity index (χ1v) is 14.1. The number of benzene rings is 1. The summed E-state index contributed by atoms with van der Waals surface area (Å²) >= 11 is 0. The quantitative estimate of drug-likeness (QED) is 0.492. The monoisotopic (exact) mass is 530 g/mol. The number of allylic oxidation sites excluding steroid dienone is 1. The largest absolute Gasteiger partial charge is 0.387 e. The molecule has 3 aliphatic heterocycles. The van der Waals surface area contributed by atoms with E-state index in [9.17, 15) is 4.39 Å². The second kappa shape index (κ2) is 10.2. The number of fused-ring (bicyclic) bond motifs is 4. The summed E-state index contributed by atoms with van der Waals surface area (Å²) in [5.74, 6) is 1.77. The Kier molecular flexibility index (Phi) is 6.71. The summed E-state index contributed by atoms with van der Waals surface area (Å²) in [6.07, 6.45) is 4.69. The highest BCUT2D eigenvalue weighted by molar-refractivity contribution is 5.68. The van der Waals surface area contributed by atoms with E-state index in [1.54, 1.807) is 12.1 Å². The zero-order valence-electron chi connectivity index (χ0n) is 23.1. The molecule has 0 radical (unpaired) electrons. The first kappa shape index (κ1) is 25.7. The van der Waals surface area contributed by atoms with Crippen LogP contribution in [0.5, 0.6) is 0 Å². The molecular formula is C30H39FN8. The van der Waals surface area contributed by atoms with Crippen LogP contribution in [0.4, 0.5) is 16.0 Å². The molecule has 5 heterocycles. The predicted molar refractivity (Wildman–Crippen MR) is 155 cm³/mol. The van der Waals surface area contributed by atoms with Crippen molar-refractivity contribution in [3.05, 3.63) is 71.3 Å².